The van der Waals surface area contributed by atoms with E-state index in [2.05, 4.69) is 66.5 Å². The second-order valence-corrected chi connectivity index (χ2v) is 27.4. The first-order valence-electron chi connectivity index (χ1n) is 33.0. The normalized spacial score (nSPS) is 11.2. The highest BCUT2D eigenvalue weighted by Gasteiger charge is 2.27. The summed E-state index contributed by atoms with van der Waals surface area (Å²) in [5.74, 6) is -4.74. The highest BCUT2D eigenvalue weighted by Crippen LogP contribution is 2.28. The Morgan fingerprint density at radius 1 is 0.440 bits per heavy atom. The van der Waals surface area contributed by atoms with Gasteiger partial charge in [0.15, 0.2) is 0 Å². The number of aromatic nitrogens is 12. The first-order chi connectivity index (χ1) is 51.5. The number of rotatable bonds is 19. The lowest BCUT2D eigenvalue weighted by Gasteiger charge is -2.20. The van der Waals surface area contributed by atoms with Crippen molar-refractivity contribution in [2.24, 2.45) is 17.2 Å². The van der Waals surface area contributed by atoms with E-state index < -0.39 is 64.6 Å². The summed E-state index contributed by atoms with van der Waals surface area (Å²) in [4.78, 5) is 112. The molecule has 0 saturated heterocycles. The minimum absolute atomic E-state index is 0.00499. The van der Waals surface area contributed by atoms with E-state index in [0.717, 1.165) is 33.4 Å². The van der Waals surface area contributed by atoms with Gasteiger partial charge in [-0.25, -0.2) is 32.9 Å². The molecule has 29 nitrogen and oxygen atoms in total. The zero-order valence-corrected chi connectivity index (χ0v) is 62.2. The standard InChI is InChI=1S/C28H29ClFN7O4.2C23H21ClFN7O2/c1-14-6-22(36-27(40)41-28(3,4)5)35-15(2)19(14)11-33-26(39)20-12-34-37(24(20)25(31)38)13-16-7-17-9-18(29)10-32-23(17)21(30)8-16;2*1-11-3-19(26)31-12(2)16(11)8-29-23(34)17-9-30-32(21(17)22(27)33)10-13-4-14-6-15(24)7-28-20(14)18(25)5-13/h6-10,12H,11,13H2,1-5H3,(H2,31,38)(H,33,39)(H,35,36,40);2*3-7,9H,8,10H2,1-2H3,(H2,26,31)(H2,27,33)(H,29,34). The van der Waals surface area contributed by atoms with E-state index in [4.69, 9.17) is 68.2 Å². The lowest BCUT2D eigenvalue weighted by molar-refractivity contribution is 0.0633. The molecule has 3 aromatic carbocycles. The van der Waals surface area contributed by atoms with Crippen LogP contribution in [0.1, 0.15) is 150 Å². The van der Waals surface area contributed by atoms with Gasteiger partial charge >= 0.3 is 6.09 Å². The van der Waals surface area contributed by atoms with Crippen molar-refractivity contribution in [2.45, 2.75) is 107 Å². The third kappa shape index (κ3) is 18.9. The third-order valence-electron chi connectivity index (χ3n) is 16.8. The number of halogens is 6. The summed E-state index contributed by atoms with van der Waals surface area (Å²) in [5, 5.41) is 25.9. The van der Waals surface area contributed by atoms with Crippen LogP contribution in [-0.4, -0.2) is 106 Å². The summed E-state index contributed by atoms with van der Waals surface area (Å²) >= 11 is 17.9. The fraction of sp³-hybridized carbons (Fsp3) is 0.216. The number of aryl methyl sites for hydroxylation is 6. The zero-order valence-electron chi connectivity index (χ0n) is 59.9. The molecule has 35 heteroatoms. The number of anilines is 3. The van der Waals surface area contributed by atoms with Gasteiger partial charge in [-0.15, -0.1) is 0 Å². The molecule has 0 atom stereocenters. The minimum Gasteiger partial charge on any atom is -0.444 e. The van der Waals surface area contributed by atoms with Gasteiger partial charge < -0.3 is 49.4 Å². The molecule has 7 amide bonds. The molecular formula is C74H71Cl3F3N21O8. The zero-order chi connectivity index (χ0) is 79.2. The van der Waals surface area contributed by atoms with Crippen LogP contribution in [0.4, 0.5) is 35.4 Å². The van der Waals surface area contributed by atoms with Gasteiger partial charge in [-0.05, 0) is 185 Å². The van der Waals surface area contributed by atoms with Gasteiger partial charge in [0.25, 0.3) is 35.4 Å². The van der Waals surface area contributed by atoms with E-state index in [1.54, 1.807) is 96.1 Å². The second kappa shape index (κ2) is 33.0. The highest BCUT2D eigenvalue weighted by atomic mass is 35.5. The summed E-state index contributed by atoms with van der Waals surface area (Å²) in [6.45, 7) is 16.6. The van der Waals surface area contributed by atoms with Crippen LogP contribution in [0.5, 0.6) is 0 Å². The number of hydrogen-bond acceptors (Lipinski definition) is 19. The summed E-state index contributed by atoms with van der Waals surface area (Å²) in [7, 11) is 0. The Balaban J connectivity index is 0.000000175. The number of carbonyl (C=O) groups excluding carboxylic acids is 7. The molecule has 0 fully saturated rings. The molecule has 0 aliphatic carbocycles. The van der Waals surface area contributed by atoms with Gasteiger partial charge in [-0.2, -0.15) is 15.3 Å². The molecule has 0 aliphatic heterocycles. The Bertz CT molecular complexity index is 5380. The largest absolute Gasteiger partial charge is 0.444 e. The molecular weight excluding hydrogens is 1470 g/mol. The van der Waals surface area contributed by atoms with Gasteiger partial charge in [-0.3, -0.25) is 63.1 Å². The van der Waals surface area contributed by atoms with Crippen molar-refractivity contribution >= 4 is 127 Å². The van der Waals surface area contributed by atoms with Crippen molar-refractivity contribution in [1.29, 1.82) is 0 Å². The van der Waals surface area contributed by atoms with Crippen molar-refractivity contribution in [2.75, 3.05) is 16.8 Å². The van der Waals surface area contributed by atoms with Crippen molar-refractivity contribution < 1.29 is 51.5 Å². The van der Waals surface area contributed by atoms with Crippen molar-refractivity contribution in [3.8, 4) is 0 Å². The van der Waals surface area contributed by atoms with Crippen molar-refractivity contribution in [1.82, 2.24) is 75.2 Å². The predicted octanol–water partition coefficient (Wildman–Crippen LogP) is 10.4. The first kappa shape index (κ1) is 78.9. The quantitative estimate of drug-likeness (QED) is 0.0363. The van der Waals surface area contributed by atoms with Gasteiger partial charge in [0, 0.05) is 71.5 Å². The monoisotopic (exact) mass is 1540 g/mol. The molecule has 12 aromatic rings. The maximum Gasteiger partial charge on any atom is 0.413 e. The van der Waals surface area contributed by atoms with E-state index in [0.29, 0.717) is 82.5 Å². The fourth-order valence-electron chi connectivity index (χ4n) is 12.0. The predicted molar refractivity (Wildman–Crippen MR) is 403 cm³/mol. The summed E-state index contributed by atoms with van der Waals surface area (Å²) < 4.78 is 52.7. The van der Waals surface area contributed by atoms with Crippen LogP contribution < -0.4 is 49.9 Å². The molecule has 0 radical (unpaired) electrons. The smallest absolute Gasteiger partial charge is 0.413 e. The number of ether oxygens (including phenoxy) is 1. The third-order valence-corrected chi connectivity index (χ3v) is 17.5. The maximum atomic E-state index is 14.6. The molecule has 12 rings (SSSR count). The van der Waals surface area contributed by atoms with Gasteiger partial charge in [0.1, 0.15) is 74.1 Å². The Morgan fingerprint density at radius 2 is 0.743 bits per heavy atom. The van der Waals surface area contributed by atoms with E-state index in [1.807, 2.05) is 20.8 Å². The van der Waals surface area contributed by atoms with E-state index in [9.17, 15) is 46.7 Å². The summed E-state index contributed by atoms with van der Waals surface area (Å²) in [6.07, 6.45) is 7.19. The molecule has 109 heavy (non-hydrogen) atoms. The number of carbonyl (C=O) groups is 7. The van der Waals surface area contributed by atoms with Crippen molar-refractivity contribution in [3.05, 3.63) is 243 Å². The molecule has 14 N–H and O–H groups in total. The SMILES string of the molecule is Cc1cc(N)nc(C)c1CNC(=O)c1cnn(Cc2cc(F)c3ncc(Cl)cc3c2)c1C(N)=O.Cc1cc(N)nc(C)c1CNC(=O)c1cnn(Cc2cc(F)c3ncc(Cl)cc3c2)c1C(N)=O.Cc1cc(NC(=O)OC(C)(C)C)nc(C)c1CNC(=O)c1cnn(Cc2cc(F)c3ncc(Cl)cc3c2)c1C(N)=O. The second-order valence-electron chi connectivity index (χ2n) is 26.1. The lowest BCUT2D eigenvalue weighted by atomic mass is 10.1. The number of hydrogen-bond donors (Lipinski definition) is 9. The Labute approximate surface area is 634 Å². The molecule has 9 heterocycles. The van der Waals surface area contributed by atoms with Crippen LogP contribution >= 0.6 is 34.8 Å². The van der Waals surface area contributed by atoms with Gasteiger partial charge in [0.05, 0.1) is 70.0 Å². The Morgan fingerprint density at radius 3 is 1.03 bits per heavy atom. The van der Waals surface area contributed by atoms with E-state index in [-0.39, 0.29) is 89.6 Å². The molecule has 562 valence electrons. The number of fused-ring (bicyclic) bond motifs is 3. The number of nitrogens with zero attached hydrogens (tertiary/aromatic N) is 12. The first-order valence-corrected chi connectivity index (χ1v) is 34.2. The van der Waals surface area contributed by atoms with Gasteiger partial charge in [0.2, 0.25) is 0 Å². The Hall–Kier alpha value is -12.7. The Kier molecular flexibility index (Phi) is 23.9. The summed E-state index contributed by atoms with van der Waals surface area (Å²) in [6, 6.07) is 18.7. The van der Waals surface area contributed by atoms with Gasteiger partial charge in [-0.1, -0.05) is 34.8 Å². The van der Waals surface area contributed by atoms with E-state index in [1.165, 1.54) is 69.4 Å². The number of primary amides is 3. The molecule has 0 unspecified atom stereocenters. The highest BCUT2D eigenvalue weighted by molar-refractivity contribution is 6.31. The molecule has 9 aromatic heterocycles. The van der Waals surface area contributed by atoms with Crippen LogP contribution in [0.25, 0.3) is 32.7 Å². The van der Waals surface area contributed by atoms with Crippen LogP contribution in [0.2, 0.25) is 15.1 Å². The maximum absolute atomic E-state index is 14.6. The molecule has 0 spiro atoms. The van der Waals surface area contributed by atoms with Crippen LogP contribution in [-0.2, 0) is 44.0 Å². The molecule has 0 bridgehead atoms. The number of benzene rings is 3. The topological polar surface area (TPSA) is 438 Å². The number of amides is 7. The van der Waals surface area contributed by atoms with Crippen LogP contribution in [0.3, 0.4) is 0 Å². The minimum atomic E-state index is -0.870. The average Bonchev–Trinajstić information content (AvgIpc) is 1.72. The lowest BCUT2D eigenvalue weighted by Crippen LogP contribution is -2.28. The molecule has 0 aliphatic rings. The summed E-state index contributed by atoms with van der Waals surface area (Å²) in [5.41, 5.74) is 36.0. The number of pyridine rings is 6. The number of nitrogen functional groups attached to an aromatic ring is 2. The average molecular weight is 1550 g/mol. The van der Waals surface area contributed by atoms with E-state index >= 15 is 0 Å². The van der Waals surface area contributed by atoms with Crippen LogP contribution in [0, 0.1) is 59.0 Å². The number of nitrogens with one attached hydrogen (secondary N) is 4. The molecule has 0 saturated carbocycles. The van der Waals surface area contributed by atoms with Crippen molar-refractivity contribution in [3.63, 3.8) is 0 Å². The van der Waals surface area contributed by atoms with Crippen LogP contribution in [0.15, 0.2) is 110 Å². The fourth-order valence-corrected chi connectivity index (χ4v) is 12.5. The number of nitrogens with two attached hydrogens (primary N) is 5.